The molecule has 0 aliphatic rings. The van der Waals surface area contributed by atoms with E-state index in [-0.39, 0.29) is 17.0 Å². The number of hydrogen-bond acceptors (Lipinski definition) is 5. The Kier molecular flexibility index (Phi) is 4.07. The van der Waals surface area contributed by atoms with Crippen LogP contribution in [-0.2, 0) is 18.0 Å². The van der Waals surface area contributed by atoms with E-state index in [1.165, 1.54) is 25.0 Å². The molecule has 0 bridgehead atoms. The van der Waals surface area contributed by atoms with Crippen LogP contribution >= 0.6 is 0 Å². The largest absolute Gasteiger partial charge is 0.496 e. The zero-order chi connectivity index (χ0) is 16.5. The Hall–Kier alpha value is -2.58. The molecule has 0 fully saturated rings. The van der Waals surface area contributed by atoms with Crippen LogP contribution in [0.25, 0.3) is 11.3 Å². The summed E-state index contributed by atoms with van der Waals surface area (Å²) in [4.78, 5) is 14.8. The maximum atomic E-state index is 12.7. The maximum absolute atomic E-state index is 12.7. The molecule has 2 aromatic rings. The van der Waals surface area contributed by atoms with Gasteiger partial charge in [0.2, 0.25) is 0 Å². The summed E-state index contributed by atoms with van der Waals surface area (Å²) >= 11 is 0. The first-order valence-corrected chi connectivity index (χ1v) is 6.02. The van der Waals surface area contributed by atoms with E-state index in [1.54, 1.807) is 7.05 Å². The van der Waals surface area contributed by atoms with Crippen molar-refractivity contribution in [3.8, 4) is 17.0 Å². The van der Waals surface area contributed by atoms with Crippen LogP contribution in [0.1, 0.15) is 16.2 Å². The number of esters is 1. The number of aromatic nitrogens is 3. The summed E-state index contributed by atoms with van der Waals surface area (Å²) in [6.07, 6.45) is -3.55. The van der Waals surface area contributed by atoms with Crippen molar-refractivity contribution < 1.29 is 27.4 Å². The molecule has 0 saturated carbocycles. The lowest BCUT2D eigenvalue weighted by Crippen LogP contribution is -2.08. The monoisotopic (exact) mass is 315 g/mol. The lowest BCUT2D eigenvalue weighted by molar-refractivity contribution is -0.141. The minimum absolute atomic E-state index is 0.0262. The highest BCUT2D eigenvalue weighted by molar-refractivity contribution is 5.89. The normalized spacial score (nSPS) is 11.4. The van der Waals surface area contributed by atoms with Gasteiger partial charge in [-0.25, -0.2) is 4.79 Å². The van der Waals surface area contributed by atoms with Crippen molar-refractivity contribution in [1.29, 1.82) is 0 Å². The van der Waals surface area contributed by atoms with Crippen molar-refractivity contribution in [1.82, 2.24) is 14.8 Å². The molecule has 0 N–H and O–H groups in total. The molecule has 0 aromatic carbocycles. The number of pyridine rings is 1. The highest BCUT2D eigenvalue weighted by atomic mass is 19.4. The molecule has 6 nitrogen and oxygen atoms in total. The molecule has 0 atom stereocenters. The van der Waals surface area contributed by atoms with Crippen molar-refractivity contribution in [2.75, 3.05) is 14.2 Å². The minimum Gasteiger partial charge on any atom is -0.496 e. The number of alkyl halides is 3. The van der Waals surface area contributed by atoms with E-state index in [0.29, 0.717) is 5.69 Å². The number of halogens is 3. The summed E-state index contributed by atoms with van der Waals surface area (Å²) in [6.45, 7) is 0. The van der Waals surface area contributed by atoms with Crippen LogP contribution in [0.3, 0.4) is 0 Å². The Morgan fingerprint density at radius 2 is 1.95 bits per heavy atom. The van der Waals surface area contributed by atoms with Gasteiger partial charge >= 0.3 is 12.1 Å². The molecule has 0 spiro atoms. The van der Waals surface area contributed by atoms with Crippen molar-refractivity contribution in [3.05, 3.63) is 29.7 Å². The fraction of sp³-hybridized carbons (Fsp3) is 0.308. The molecule has 0 radical (unpaired) electrons. The molecular weight excluding hydrogens is 303 g/mol. The second-order valence-corrected chi connectivity index (χ2v) is 4.30. The predicted molar refractivity (Wildman–Crippen MR) is 69.3 cm³/mol. The Labute approximate surface area is 123 Å². The van der Waals surface area contributed by atoms with Crippen LogP contribution in [0.4, 0.5) is 13.2 Å². The number of aryl methyl sites for hydroxylation is 1. The number of carbonyl (C=O) groups excluding carboxylic acids is 1. The number of rotatable bonds is 3. The molecule has 2 aromatic heterocycles. The van der Waals surface area contributed by atoms with E-state index in [0.717, 1.165) is 12.3 Å². The van der Waals surface area contributed by atoms with E-state index in [1.807, 2.05) is 0 Å². The molecular formula is C13H12F3N3O3. The zero-order valence-corrected chi connectivity index (χ0v) is 11.9. The third kappa shape index (κ3) is 2.87. The Balaban J connectivity index is 2.53. The molecule has 0 unspecified atom stereocenters. The Morgan fingerprint density at radius 1 is 1.27 bits per heavy atom. The smallest absolute Gasteiger partial charge is 0.433 e. The van der Waals surface area contributed by atoms with Crippen LogP contribution < -0.4 is 4.74 Å². The lowest BCUT2D eigenvalue weighted by atomic mass is 10.1. The lowest BCUT2D eigenvalue weighted by Gasteiger charge is -2.11. The fourth-order valence-electron chi connectivity index (χ4n) is 1.88. The van der Waals surface area contributed by atoms with Gasteiger partial charge in [0, 0.05) is 19.3 Å². The summed E-state index contributed by atoms with van der Waals surface area (Å²) in [7, 11) is 3.99. The topological polar surface area (TPSA) is 66.2 Å². The fourth-order valence-corrected chi connectivity index (χ4v) is 1.88. The van der Waals surface area contributed by atoms with Crippen LogP contribution in [0.15, 0.2) is 18.3 Å². The van der Waals surface area contributed by atoms with Crippen LogP contribution in [-0.4, -0.2) is 35.0 Å². The average molecular weight is 315 g/mol. The third-order valence-corrected chi connectivity index (χ3v) is 2.93. The SMILES string of the molecule is COC(=O)c1cc(-c2cnc(C(F)(F)F)cc2OC)n(C)n1. The summed E-state index contributed by atoms with van der Waals surface area (Å²) < 4.78 is 48.9. The highest BCUT2D eigenvalue weighted by Crippen LogP contribution is 2.35. The molecule has 0 aliphatic heterocycles. The molecule has 118 valence electrons. The van der Waals surface area contributed by atoms with E-state index in [2.05, 4.69) is 14.8 Å². The molecule has 0 aliphatic carbocycles. The van der Waals surface area contributed by atoms with Gasteiger partial charge in [-0.3, -0.25) is 9.67 Å². The number of hydrogen-bond donors (Lipinski definition) is 0. The van der Waals surface area contributed by atoms with Crippen molar-refractivity contribution in [3.63, 3.8) is 0 Å². The second-order valence-electron chi connectivity index (χ2n) is 4.30. The van der Waals surface area contributed by atoms with Crippen LogP contribution in [0.5, 0.6) is 5.75 Å². The highest BCUT2D eigenvalue weighted by Gasteiger charge is 2.33. The van der Waals surface area contributed by atoms with Crippen molar-refractivity contribution in [2.45, 2.75) is 6.18 Å². The Morgan fingerprint density at radius 3 is 2.50 bits per heavy atom. The van der Waals surface area contributed by atoms with Gasteiger partial charge in [0.15, 0.2) is 5.69 Å². The standard InChI is InChI=1S/C13H12F3N3O3/c1-19-9(4-8(18-19)12(20)22-3)7-6-17-11(13(14,15)16)5-10(7)21-2/h4-6H,1-3H3. The number of ether oxygens (including phenoxy) is 2. The summed E-state index contributed by atoms with van der Waals surface area (Å²) in [6, 6.07) is 2.18. The van der Waals surface area contributed by atoms with E-state index < -0.39 is 17.8 Å². The molecule has 22 heavy (non-hydrogen) atoms. The van der Waals surface area contributed by atoms with Crippen LogP contribution in [0.2, 0.25) is 0 Å². The van der Waals surface area contributed by atoms with Gasteiger partial charge in [-0.2, -0.15) is 18.3 Å². The van der Waals surface area contributed by atoms with Gasteiger partial charge in [-0.05, 0) is 6.07 Å². The second kappa shape index (κ2) is 5.66. The van der Waals surface area contributed by atoms with Crippen molar-refractivity contribution in [2.24, 2.45) is 7.05 Å². The first-order chi connectivity index (χ1) is 10.3. The molecule has 2 heterocycles. The van der Waals surface area contributed by atoms with Gasteiger partial charge < -0.3 is 9.47 Å². The first-order valence-electron chi connectivity index (χ1n) is 6.02. The van der Waals surface area contributed by atoms with Gasteiger partial charge in [0.1, 0.15) is 11.4 Å². The summed E-state index contributed by atoms with van der Waals surface area (Å²) in [5.74, 6) is -0.678. The molecule has 2 rings (SSSR count). The maximum Gasteiger partial charge on any atom is 0.433 e. The quantitative estimate of drug-likeness (QED) is 0.813. The Bertz CT molecular complexity index is 710. The zero-order valence-electron chi connectivity index (χ0n) is 11.9. The van der Waals surface area contributed by atoms with E-state index in [4.69, 9.17) is 4.74 Å². The molecule has 0 saturated heterocycles. The van der Waals surface area contributed by atoms with E-state index in [9.17, 15) is 18.0 Å². The molecule has 0 amide bonds. The average Bonchev–Trinajstić information content (AvgIpc) is 2.86. The van der Waals surface area contributed by atoms with Crippen LogP contribution in [0, 0.1) is 0 Å². The van der Waals surface area contributed by atoms with Gasteiger partial charge in [0.25, 0.3) is 0 Å². The minimum atomic E-state index is -4.57. The first kappa shape index (κ1) is 15.8. The van der Waals surface area contributed by atoms with Crippen molar-refractivity contribution >= 4 is 5.97 Å². The van der Waals surface area contributed by atoms with E-state index >= 15 is 0 Å². The van der Waals surface area contributed by atoms with Gasteiger partial charge in [-0.1, -0.05) is 0 Å². The molecule has 9 heteroatoms. The van der Waals surface area contributed by atoms with Gasteiger partial charge in [0.05, 0.1) is 25.5 Å². The summed E-state index contributed by atoms with van der Waals surface area (Å²) in [5, 5.41) is 3.94. The number of carbonyl (C=O) groups is 1. The number of nitrogens with zero attached hydrogens (tertiary/aromatic N) is 3. The summed E-state index contributed by atoms with van der Waals surface area (Å²) in [5.41, 5.74) is -0.385. The third-order valence-electron chi connectivity index (χ3n) is 2.93. The number of methoxy groups -OCH3 is 2. The van der Waals surface area contributed by atoms with Gasteiger partial charge in [-0.15, -0.1) is 0 Å². The predicted octanol–water partition coefficient (Wildman–Crippen LogP) is 2.30.